The Morgan fingerprint density at radius 2 is 2.00 bits per heavy atom. The summed E-state index contributed by atoms with van der Waals surface area (Å²) in [5.74, 6) is 0.370. The molecule has 2 N–H and O–H groups in total. The summed E-state index contributed by atoms with van der Waals surface area (Å²) in [4.78, 5) is 13.8. The summed E-state index contributed by atoms with van der Waals surface area (Å²) < 4.78 is 5.42. The van der Waals surface area contributed by atoms with Gasteiger partial charge < -0.3 is 20.1 Å². The normalized spacial score (nSPS) is 30.5. The zero-order valence-corrected chi connectivity index (χ0v) is 13.6. The molecule has 1 aliphatic carbocycles. The number of likely N-dealkylation sites (tertiary alicyclic amines) is 1. The van der Waals surface area contributed by atoms with Gasteiger partial charge in [-0.25, -0.2) is 4.79 Å². The van der Waals surface area contributed by atoms with Gasteiger partial charge in [0.2, 0.25) is 0 Å². The first-order valence-electron chi connectivity index (χ1n) is 8.24. The zero-order valence-electron chi connectivity index (χ0n) is 13.6. The minimum Gasteiger partial charge on any atom is -0.444 e. The lowest BCUT2D eigenvalue weighted by Gasteiger charge is -2.33. The van der Waals surface area contributed by atoms with Gasteiger partial charge in [-0.05, 0) is 46.0 Å². The third-order valence-electron chi connectivity index (χ3n) is 4.43. The first kappa shape index (κ1) is 16.6. The van der Waals surface area contributed by atoms with Crippen LogP contribution in [0.1, 0.15) is 52.9 Å². The van der Waals surface area contributed by atoms with E-state index in [0.29, 0.717) is 24.5 Å². The Morgan fingerprint density at radius 3 is 2.67 bits per heavy atom. The van der Waals surface area contributed by atoms with E-state index < -0.39 is 5.60 Å². The van der Waals surface area contributed by atoms with Crippen LogP contribution in [0.4, 0.5) is 4.79 Å². The van der Waals surface area contributed by atoms with E-state index in [-0.39, 0.29) is 12.7 Å². The van der Waals surface area contributed by atoms with E-state index >= 15 is 0 Å². The van der Waals surface area contributed by atoms with Gasteiger partial charge in [0.15, 0.2) is 0 Å². The van der Waals surface area contributed by atoms with Crippen LogP contribution in [0.15, 0.2) is 0 Å². The number of nitrogens with zero attached hydrogens (tertiary/aromatic N) is 1. The van der Waals surface area contributed by atoms with Crippen LogP contribution in [-0.4, -0.2) is 53.5 Å². The van der Waals surface area contributed by atoms with E-state index in [4.69, 9.17) is 4.74 Å². The maximum atomic E-state index is 12.1. The molecule has 1 saturated heterocycles. The van der Waals surface area contributed by atoms with Crippen molar-refractivity contribution in [3.05, 3.63) is 0 Å². The van der Waals surface area contributed by atoms with Crippen molar-refractivity contribution in [3.8, 4) is 0 Å². The van der Waals surface area contributed by atoms with Crippen LogP contribution in [0.5, 0.6) is 0 Å². The molecule has 3 atom stereocenters. The highest BCUT2D eigenvalue weighted by Gasteiger charge is 2.33. The number of carbonyl (C=O) groups is 1. The van der Waals surface area contributed by atoms with Crippen LogP contribution in [0.3, 0.4) is 0 Å². The summed E-state index contributed by atoms with van der Waals surface area (Å²) in [6.07, 6.45) is 5.45. The van der Waals surface area contributed by atoms with Crippen molar-refractivity contribution in [1.82, 2.24) is 10.2 Å². The largest absolute Gasteiger partial charge is 0.444 e. The van der Waals surface area contributed by atoms with Crippen LogP contribution in [0.2, 0.25) is 0 Å². The fourth-order valence-corrected chi connectivity index (χ4v) is 3.34. The average molecular weight is 298 g/mol. The molecule has 0 aromatic carbocycles. The number of ether oxygens (including phenoxy) is 1. The fraction of sp³-hybridized carbons (Fsp3) is 0.938. The Morgan fingerprint density at radius 1 is 1.29 bits per heavy atom. The predicted octanol–water partition coefficient (Wildman–Crippen LogP) is 2.14. The first-order valence-corrected chi connectivity index (χ1v) is 8.24. The predicted molar refractivity (Wildman–Crippen MR) is 82.2 cm³/mol. The molecule has 2 fully saturated rings. The van der Waals surface area contributed by atoms with Crippen LogP contribution in [0.25, 0.3) is 0 Å². The Balaban J connectivity index is 1.80. The molecule has 0 unspecified atom stereocenters. The van der Waals surface area contributed by atoms with Gasteiger partial charge in [-0.15, -0.1) is 0 Å². The monoisotopic (exact) mass is 298 g/mol. The SMILES string of the molecule is CC(C)(C)OC(=O)N1CC[C@H](N[C@H]2CCCC[C@H]2CO)C1. The molecule has 1 amide bonds. The van der Waals surface area contributed by atoms with Crippen molar-refractivity contribution < 1.29 is 14.6 Å². The van der Waals surface area contributed by atoms with Crippen LogP contribution in [-0.2, 0) is 4.74 Å². The van der Waals surface area contributed by atoms with E-state index in [1.807, 2.05) is 20.8 Å². The number of nitrogens with one attached hydrogen (secondary N) is 1. The molecule has 0 aromatic heterocycles. The Kier molecular flexibility index (Phi) is 5.49. The number of carbonyl (C=O) groups excluding carboxylic acids is 1. The summed E-state index contributed by atoms with van der Waals surface area (Å²) in [7, 11) is 0. The number of rotatable bonds is 3. The van der Waals surface area contributed by atoms with Crippen molar-refractivity contribution in [2.75, 3.05) is 19.7 Å². The van der Waals surface area contributed by atoms with Crippen LogP contribution >= 0.6 is 0 Å². The van der Waals surface area contributed by atoms with Crippen molar-refractivity contribution in [3.63, 3.8) is 0 Å². The minimum atomic E-state index is -0.437. The zero-order chi connectivity index (χ0) is 15.5. The van der Waals surface area contributed by atoms with Gasteiger partial charge in [0, 0.05) is 31.8 Å². The quantitative estimate of drug-likeness (QED) is 0.838. The molecule has 122 valence electrons. The summed E-state index contributed by atoms with van der Waals surface area (Å²) >= 11 is 0. The lowest BCUT2D eigenvalue weighted by atomic mass is 9.84. The van der Waals surface area contributed by atoms with E-state index in [1.165, 1.54) is 12.8 Å². The van der Waals surface area contributed by atoms with Crippen molar-refractivity contribution in [2.24, 2.45) is 5.92 Å². The highest BCUT2D eigenvalue weighted by molar-refractivity contribution is 5.68. The van der Waals surface area contributed by atoms with E-state index in [9.17, 15) is 9.90 Å². The molecule has 2 rings (SSSR count). The lowest BCUT2D eigenvalue weighted by molar-refractivity contribution is 0.0288. The van der Waals surface area contributed by atoms with E-state index in [2.05, 4.69) is 5.32 Å². The third kappa shape index (κ3) is 4.85. The van der Waals surface area contributed by atoms with Gasteiger partial charge in [0.1, 0.15) is 5.60 Å². The molecule has 0 aromatic rings. The Hall–Kier alpha value is -0.810. The van der Waals surface area contributed by atoms with Crippen molar-refractivity contribution >= 4 is 6.09 Å². The smallest absolute Gasteiger partial charge is 0.410 e. The number of amides is 1. The Bertz CT molecular complexity index is 354. The molecule has 2 aliphatic rings. The molecule has 1 saturated carbocycles. The maximum absolute atomic E-state index is 12.1. The van der Waals surface area contributed by atoms with Crippen molar-refractivity contribution in [2.45, 2.75) is 70.6 Å². The third-order valence-corrected chi connectivity index (χ3v) is 4.43. The topological polar surface area (TPSA) is 61.8 Å². The molecule has 0 bridgehead atoms. The second kappa shape index (κ2) is 6.97. The number of aliphatic hydroxyl groups is 1. The standard InChI is InChI=1S/C16H30N2O3/c1-16(2,3)21-15(20)18-9-8-13(10-18)17-14-7-5-4-6-12(14)11-19/h12-14,17,19H,4-11H2,1-3H3/t12-,13-,14-/m0/s1. The maximum Gasteiger partial charge on any atom is 0.410 e. The van der Waals surface area contributed by atoms with Gasteiger partial charge in [-0.2, -0.15) is 0 Å². The second-order valence-corrected chi connectivity index (χ2v) is 7.41. The second-order valence-electron chi connectivity index (χ2n) is 7.41. The van der Waals surface area contributed by atoms with E-state index in [1.54, 1.807) is 4.90 Å². The van der Waals surface area contributed by atoms with Gasteiger partial charge >= 0.3 is 6.09 Å². The minimum absolute atomic E-state index is 0.214. The molecule has 1 heterocycles. The highest BCUT2D eigenvalue weighted by Crippen LogP contribution is 2.25. The van der Waals surface area contributed by atoms with Crippen LogP contribution in [0, 0.1) is 5.92 Å². The molecular formula is C16H30N2O3. The Labute approximate surface area is 128 Å². The molecule has 21 heavy (non-hydrogen) atoms. The molecule has 0 spiro atoms. The average Bonchev–Trinajstić information content (AvgIpc) is 2.86. The van der Waals surface area contributed by atoms with Gasteiger partial charge in [0.05, 0.1) is 0 Å². The molecule has 5 nitrogen and oxygen atoms in total. The summed E-state index contributed by atoms with van der Waals surface area (Å²) in [5, 5.41) is 13.1. The number of hydrogen-bond donors (Lipinski definition) is 2. The number of hydrogen-bond acceptors (Lipinski definition) is 4. The number of aliphatic hydroxyl groups excluding tert-OH is 1. The van der Waals surface area contributed by atoms with Gasteiger partial charge in [0.25, 0.3) is 0 Å². The fourth-order valence-electron chi connectivity index (χ4n) is 3.34. The molecular weight excluding hydrogens is 268 g/mol. The van der Waals surface area contributed by atoms with E-state index in [0.717, 1.165) is 25.8 Å². The van der Waals surface area contributed by atoms with Crippen LogP contribution < -0.4 is 5.32 Å². The molecule has 1 aliphatic heterocycles. The summed E-state index contributed by atoms with van der Waals surface area (Å²) in [5.41, 5.74) is -0.437. The van der Waals surface area contributed by atoms with Gasteiger partial charge in [-0.1, -0.05) is 12.8 Å². The van der Waals surface area contributed by atoms with Crippen molar-refractivity contribution in [1.29, 1.82) is 0 Å². The highest BCUT2D eigenvalue weighted by atomic mass is 16.6. The van der Waals surface area contributed by atoms with Gasteiger partial charge in [-0.3, -0.25) is 0 Å². The summed E-state index contributed by atoms with van der Waals surface area (Å²) in [6, 6.07) is 0.724. The molecule has 5 heteroatoms. The lowest BCUT2D eigenvalue weighted by Crippen LogP contribution is -2.47. The molecule has 0 radical (unpaired) electrons. The first-order chi connectivity index (χ1) is 9.89. The summed E-state index contributed by atoms with van der Waals surface area (Å²) in [6.45, 7) is 7.41.